The van der Waals surface area contributed by atoms with E-state index < -0.39 is 43.4 Å². The molecule has 0 spiro atoms. The third kappa shape index (κ3) is 3.62. The average Bonchev–Trinajstić information content (AvgIpc) is 3.07. The highest BCUT2D eigenvalue weighted by molar-refractivity contribution is 5.85. The van der Waals surface area contributed by atoms with Gasteiger partial charge in [0.1, 0.15) is 18.3 Å². The van der Waals surface area contributed by atoms with Gasteiger partial charge in [-0.1, -0.05) is 0 Å². The van der Waals surface area contributed by atoms with Crippen molar-refractivity contribution in [2.45, 2.75) is 30.7 Å². The van der Waals surface area contributed by atoms with Crippen LogP contribution in [-0.2, 0) is 14.2 Å². The standard InChI is InChI=1S/C15H19NO9/c1-21-14-12(19)11(18)13(10(5-17)24-14)25-15(20)16-7-2-3-8-9(4-7)23-6-22-8/h2-4,10-14,17-19H,5-6H2,1H3,(H,16,20)/t10-,11-,12-,13-,14+/m1/s1. The number of hydrogen-bond acceptors (Lipinski definition) is 9. The normalized spacial score (nSPS) is 30.8. The topological polar surface area (TPSA) is 136 Å². The zero-order valence-corrected chi connectivity index (χ0v) is 13.3. The second kappa shape index (κ2) is 7.42. The number of carbonyl (C=O) groups excluding carboxylic acids is 1. The first-order valence-corrected chi connectivity index (χ1v) is 7.56. The predicted molar refractivity (Wildman–Crippen MR) is 81.2 cm³/mol. The third-order valence-corrected chi connectivity index (χ3v) is 3.92. The Bertz CT molecular complexity index is 623. The largest absolute Gasteiger partial charge is 0.454 e. The molecule has 5 atom stereocenters. The molecule has 10 heteroatoms. The van der Waals surface area contributed by atoms with Crippen LogP contribution in [-0.4, -0.2) is 72.6 Å². The Morgan fingerprint density at radius 2 is 2.04 bits per heavy atom. The highest BCUT2D eigenvalue weighted by atomic mass is 16.7. The van der Waals surface area contributed by atoms with Gasteiger partial charge < -0.3 is 39.0 Å². The fourth-order valence-electron chi connectivity index (χ4n) is 2.64. The van der Waals surface area contributed by atoms with E-state index in [1.807, 2.05) is 0 Å². The van der Waals surface area contributed by atoms with Crippen LogP contribution >= 0.6 is 0 Å². The average molecular weight is 357 g/mol. The first kappa shape index (κ1) is 17.7. The Kier molecular flexibility index (Phi) is 5.25. The van der Waals surface area contributed by atoms with E-state index >= 15 is 0 Å². The number of hydrogen-bond donors (Lipinski definition) is 4. The maximum atomic E-state index is 12.1. The van der Waals surface area contributed by atoms with Crippen molar-refractivity contribution >= 4 is 11.8 Å². The number of ether oxygens (including phenoxy) is 5. The van der Waals surface area contributed by atoms with Crippen LogP contribution in [0.1, 0.15) is 0 Å². The molecule has 1 aromatic carbocycles. The first-order valence-electron chi connectivity index (χ1n) is 7.56. The molecule has 0 bridgehead atoms. The SMILES string of the molecule is CO[C@H]1O[C@H](CO)[C@@H](OC(=O)Nc2ccc3c(c2)OCO3)[C@H](O)[C@H]1O. The third-order valence-electron chi connectivity index (χ3n) is 3.92. The number of benzene rings is 1. The van der Waals surface area contributed by atoms with Crippen molar-refractivity contribution in [3.05, 3.63) is 18.2 Å². The highest BCUT2D eigenvalue weighted by Gasteiger charge is 2.46. The molecule has 1 amide bonds. The van der Waals surface area contributed by atoms with Crippen molar-refractivity contribution in [1.29, 1.82) is 0 Å². The van der Waals surface area contributed by atoms with Gasteiger partial charge in [0.2, 0.25) is 6.79 Å². The summed E-state index contributed by atoms with van der Waals surface area (Å²) >= 11 is 0. The maximum Gasteiger partial charge on any atom is 0.412 e. The molecule has 0 saturated carbocycles. The fourth-order valence-corrected chi connectivity index (χ4v) is 2.64. The molecule has 1 saturated heterocycles. The molecule has 0 aliphatic carbocycles. The lowest BCUT2D eigenvalue weighted by molar-refractivity contribution is -0.293. The molecule has 1 fully saturated rings. The van der Waals surface area contributed by atoms with E-state index in [4.69, 9.17) is 23.7 Å². The molecular weight excluding hydrogens is 338 g/mol. The lowest BCUT2D eigenvalue weighted by Gasteiger charge is -2.40. The minimum absolute atomic E-state index is 0.103. The zero-order valence-electron chi connectivity index (χ0n) is 13.3. The minimum Gasteiger partial charge on any atom is -0.454 e. The molecule has 4 N–H and O–H groups in total. The molecule has 10 nitrogen and oxygen atoms in total. The Labute approximate surface area is 142 Å². The van der Waals surface area contributed by atoms with Gasteiger partial charge in [-0.25, -0.2) is 4.79 Å². The van der Waals surface area contributed by atoms with E-state index in [1.54, 1.807) is 18.2 Å². The van der Waals surface area contributed by atoms with Gasteiger partial charge >= 0.3 is 6.09 Å². The highest BCUT2D eigenvalue weighted by Crippen LogP contribution is 2.34. The molecule has 138 valence electrons. The quantitative estimate of drug-likeness (QED) is 0.558. The molecular formula is C15H19NO9. The second-order valence-electron chi connectivity index (χ2n) is 5.51. The van der Waals surface area contributed by atoms with Crippen LogP contribution in [0.4, 0.5) is 10.5 Å². The predicted octanol–water partition coefficient (Wildman–Crippen LogP) is -0.582. The fraction of sp³-hybridized carbons (Fsp3) is 0.533. The van der Waals surface area contributed by atoms with Crippen molar-refractivity contribution in [1.82, 2.24) is 0 Å². The van der Waals surface area contributed by atoms with Crippen molar-refractivity contribution in [2.24, 2.45) is 0 Å². The maximum absolute atomic E-state index is 12.1. The number of rotatable bonds is 4. The van der Waals surface area contributed by atoms with Gasteiger partial charge in [0.15, 0.2) is 23.9 Å². The van der Waals surface area contributed by atoms with Gasteiger partial charge in [-0.2, -0.15) is 0 Å². The van der Waals surface area contributed by atoms with Gasteiger partial charge in [-0.05, 0) is 12.1 Å². The first-order chi connectivity index (χ1) is 12.0. The molecule has 25 heavy (non-hydrogen) atoms. The van der Waals surface area contributed by atoms with E-state index in [9.17, 15) is 20.1 Å². The number of aliphatic hydroxyl groups excluding tert-OH is 3. The number of aliphatic hydroxyl groups is 3. The van der Waals surface area contributed by atoms with Crippen molar-refractivity contribution in [3.8, 4) is 11.5 Å². The number of fused-ring (bicyclic) bond motifs is 1. The van der Waals surface area contributed by atoms with Gasteiger partial charge in [-0.15, -0.1) is 0 Å². The van der Waals surface area contributed by atoms with E-state index in [2.05, 4.69) is 5.32 Å². The number of carbonyl (C=O) groups is 1. The number of anilines is 1. The Morgan fingerprint density at radius 3 is 2.76 bits per heavy atom. The Balaban J connectivity index is 1.64. The molecule has 2 aliphatic heterocycles. The number of nitrogens with one attached hydrogen (secondary N) is 1. The Morgan fingerprint density at radius 1 is 1.28 bits per heavy atom. The number of amides is 1. The van der Waals surface area contributed by atoms with E-state index in [-0.39, 0.29) is 6.79 Å². The molecule has 2 heterocycles. The van der Waals surface area contributed by atoms with Crippen LogP contribution in [0.5, 0.6) is 11.5 Å². The van der Waals surface area contributed by atoms with Crippen molar-refractivity contribution in [3.63, 3.8) is 0 Å². The van der Waals surface area contributed by atoms with Gasteiger partial charge in [0, 0.05) is 18.9 Å². The van der Waals surface area contributed by atoms with Gasteiger partial charge in [-0.3, -0.25) is 5.32 Å². The van der Waals surface area contributed by atoms with Crippen LogP contribution in [0, 0.1) is 0 Å². The molecule has 0 aromatic heterocycles. The van der Waals surface area contributed by atoms with Gasteiger partial charge in [0.05, 0.1) is 6.61 Å². The lowest BCUT2D eigenvalue weighted by atomic mass is 9.99. The van der Waals surface area contributed by atoms with Crippen LogP contribution in [0.15, 0.2) is 18.2 Å². The summed E-state index contributed by atoms with van der Waals surface area (Å²) in [6, 6.07) is 4.76. The minimum atomic E-state index is -1.49. The second-order valence-corrected chi connectivity index (χ2v) is 5.51. The molecule has 1 aromatic rings. The summed E-state index contributed by atoms with van der Waals surface area (Å²) in [5.41, 5.74) is 0.385. The molecule has 0 unspecified atom stereocenters. The van der Waals surface area contributed by atoms with E-state index in [1.165, 1.54) is 7.11 Å². The summed E-state index contributed by atoms with van der Waals surface area (Å²) in [7, 11) is 1.28. The summed E-state index contributed by atoms with van der Waals surface area (Å²) in [5.74, 6) is 1.04. The van der Waals surface area contributed by atoms with E-state index in [0.29, 0.717) is 17.2 Å². The lowest BCUT2D eigenvalue weighted by Crippen LogP contribution is -2.60. The van der Waals surface area contributed by atoms with Gasteiger partial charge in [0.25, 0.3) is 0 Å². The molecule has 2 aliphatic rings. The summed E-state index contributed by atoms with van der Waals surface area (Å²) in [6.07, 6.45) is -7.28. The molecule has 3 rings (SSSR count). The van der Waals surface area contributed by atoms with Crippen molar-refractivity contribution < 1.29 is 43.8 Å². The summed E-state index contributed by atoms with van der Waals surface area (Å²) in [4.78, 5) is 12.1. The smallest absolute Gasteiger partial charge is 0.412 e. The summed E-state index contributed by atoms with van der Waals surface area (Å²) in [6.45, 7) is -0.433. The summed E-state index contributed by atoms with van der Waals surface area (Å²) < 4.78 is 25.6. The summed E-state index contributed by atoms with van der Waals surface area (Å²) in [5, 5.41) is 31.9. The number of methoxy groups -OCH3 is 1. The van der Waals surface area contributed by atoms with Crippen LogP contribution in [0.25, 0.3) is 0 Å². The molecule has 0 radical (unpaired) electrons. The van der Waals surface area contributed by atoms with Crippen LogP contribution < -0.4 is 14.8 Å². The van der Waals surface area contributed by atoms with Crippen LogP contribution in [0.3, 0.4) is 0 Å². The van der Waals surface area contributed by atoms with E-state index in [0.717, 1.165) is 0 Å². The van der Waals surface area contributed by atoms with Crippen LogP contribution in [0.2, 0.25) is 0 Å². The van der Waals surface area contributed by atoms with Crippen molar-refractivity contribution in [2.75, 3.05) is 25.8 Å². The monoisotopic (exact) mass is 357 g/mol. The Hall–Kier alpha value is -2.11. The zero-order chi connectivity index (χ0) is 18.0.